The Morgan fingerprint density at radius 3 is 1.69 bits per heavy atom. The highest BCUT2D eigenvalue weighted by Gasteiger charge is 1.81. The van der Waals surface area contributed by atoms with Crippen LogP contribution in [0.1, 0.15) is 35.1 Å². The van der Waals surface area contributed by atoms with Crippen LogP contribution in [0.25, 0.3) is 0 Å². The van der Waals surface area contributed by atoms with Crippen molar-refractivity contribution in [2.75, 3.05) is 13.2 Å². The summed E-state index contributed by atoms with van der Waals surface area (Å²) in [6.07, 6.45) is 0. The van der Waals surface area contributed by atoms with Gasteiger partial charge < -0.3 is 10.1 Å². The lowest BCUT2D eigenvalue weighted by Crippen LogP contribution is -2.18. The molecule has 13 heavy (non-hydrogen) atoms. The summed E-state index contributed by atoms with van der Waals surface area (Å²) in [5.41, 5.74) is 0. The SMILES string of the molecule is C.CCNC(C)=O.CCOC(C)=O. The van der Waals surface area contributed by atoms with Crippen LogP contribution in [-0.2, 0) is 14.3 Å². The first-order valence-corrected chi connectivity index (χ1v) is 3.92. The topological polar surface area (TPSA) is 55.4 Å². The van der Waals surface area contributed by atoms with Gasteiger partial charge in [0, 0.05) is 20.4 Å². The van der Waals surface area contributed by atoms with Crippen LogP contribution in [0.2, 0.25) is 0 Å². The molecule has 0 fully saturated rings. The molecule has 4 heteroatoms. The minimum atomic E-state index is -0.211. The van der Waals surface area contributed by atoms with Crippen molar-refractivity contribution in [2.45, 2.75) is 35.1 Å². The Hall–Kier alpha value is -1.06. The van der Waals surface area contributed by atoms with Crippen molar-refractivity contribution in [1.29, 1.82) is 0 Å². The van der Waals surface area contributed by atoms with Crippen LogP contribution >= 0.6 is 0 Å². The van der Waals surface area contributed by atoms with E-state index in [0.717, 1.165) is 6.54 Å². The second-order valence-electron chi connectivity index (χ2n) is 2.01. The molecule has 0 bridgehead atoms. The lowest BCUT2D eigenvalue weighted by Gasteiger charge is -1.89. The molecule has 80 valence electrons. The number of hydrogen-bond acceptors (Lipinski definition) is 3. The molecule has 0 aromatic carbocycles. The molecule has 0 aromatic rings. The van der Waals surface area contributed by atoms with Crippen molar-refractivity contribution in [3.8, 4) is 0 Å². The van der Waals surface area contributed by atoms with Crippen LogP contribution in [0.15, 0.2) is 0 Å². The summed E-state index contributed by atoms with van der Waals surface area (Å²) in [6.45, 7) is 7.78. The minimum absolute atomic E-state index is 0. The second kappa shape index (κ2) is 13.5. The lowest BCUT2D eigenvalue weighted by atomic mass is 10.6. The molecule has 0 aliphatic heterocycles. The summed E-state index contributed by atoms with van der Waals surface area (Å²) in [5, 5.41) is 2.57. The Balaban J connectivity index is -0.000000143. The van der Waals surface area contributed by atoms with E-state index >= 15 is 0 Å². The maximum Gasteiger partial charge on any atom is 0.302 e. The van der Waals surface area contributed by atoms with Gasteiger partial charge in [0.15, 0.2) is 0 Å². The average Bonchev–Trinajstić information content (AvgIpc) is 1.87. The van der Waals surface area contributed by atoms with E-state index in [0.29, 0.717) is 6.61 Å². The van der Waals surface area contributed by atoms with Gasteiger partial charge in [-0.2, -0.15) is 0 Å². The predicted molar refractivity (Wildman–Crippen MR) is 53.4 cm³/mol. The second-order valence-corrected chi connectivity index (χ2v) is 2.01. The normalized spacial score (nSPS) is 7.08. The molecule has 0 saturated heterocycles. The van der Waals surface area contributed by atoms with Crippen LogP contribution in [-0.4, -0.2) is 25.0 Å². The van der Waals surface area contributed by atoms with Crippen molar-refractivity contribution >= 4 is 11.9 Å². The zero-order valence-corrected chi connectivity index (χ0v) is 8.14. The summed E-state index contributed by atoms with van der Waals surface area (Å²) in [7, 11) is 0. The average molecular weight is 191 g/mol. The van der Waals surface area contributed by atoms with Gasteiger partial charge in [0.2, 0.25) is 5.91 Å². The van der Waals surface area contributed by atoms with Gasteiger partial charge in [0.25, 0.3) is 0 Å². The van der Waals surface area contributed by atoms with E-state index in [2.05, 4.69) is 10.1 Å². The highest BCUT2D eigenvalue weighted by Crippen LogP contribution is 1.69. The van der Waals surface area contributed by atoms with Crippen LogP contribution < -0.4 is 5.32 Å². The first-order chi connectivity index (χ1) is 5.54. The van der Waals surface area contributed by atoms with Gasteiger partial charge in [0.05, 0.1) is 6.61 Å². The monoisotopic (exact) mass is 191 g/mol. The fraction of sp³-hybridized carbons (Fsp3) is 0.778. The number of nitrogens with one attached hydrogen (secondary N) is 1. The van der Waals surface area contributed by atoms with E-state index in [1.807, 2.05) is 6.92 Å². The molecule has 0 atom stereocenters. The number of carbonyl (C=O) groups is 2. The zero-order valence-electron chi connectivity index (χ0n) is 8.14. The van der Waals surface area contributed by atoms with E-state index < -0.39 is 0 Å². The van der Waals surface area contributed by atoms with Crippen molar-refractivity contribution < 1.29 is 14.3 Å². The first-order valence-electron chi connectivity index (χ1n) is 3.92. The van der Waals surface area contributed by atoms with Crippen molar-refractivity contribution in [1.82, 2.24) is 5.32 Å². The maximum absolute atomic E-state index is 9.93. The smallest absolute Gasteiger partial charge is 0.302 e. The summed E-state index contributed by atoms with van der Waals surface area (Å²) in [4.78, 5) is 19.8. The molecule has 0 aromatic heterocycles. The van der Waals surface area contributed by atoms with Crippen LogP contribution in [0, 0.1) is 0 Å². The van der Waals surface area contributed by atoms with Crippen LogP contribution in [0.3, 0.4) is 0 Å². The standard InChI is InChI=1S/C4H9NO.C4H8O2.CH4/c1-3-5-4(2)6;1-3-6-4(2)5;/h3H2,1-2H3,(H,5,6);3H2,1-2H3;1H4. The lowest BCUT2D eigenvalue weighted by molar-refractivity contribution is -0.140. The van der Waals surface area contributed by atoms with E-state index in [1.54, 1.807) is 6.92 Å². The van der Waals surface area contributed by atoms with E-state index in [9.17, 15) is 9.59 Å². The fourth-order valence-electron chi connectivity index (χ4n) is 0.452. The molecule has 0 aliphatic rings. The quantitative estimate of drug-likeness (QED) is 0.670. The number of esters is 1. The number of rotatable bonds is 2. The van der Waals surface area contributed by atoms with E-state index in [-0.39, 0.29) is 19.3 Å². The number of amides is 1. The van der Waals surface area contributed by atoms with Crippen molar-refractivity contribution in [3.05, 3.63) is 0 Å². The zero-order chi connectivity index (χ0) is 9.98. The molecule has 0 aliphatic carbocycles. The third kappa shape index (κ3) is 35.8. The molecule has 0 rings (SSSR count). The molecule has 4 nitrogen and oxygen atoms in total. The molecule has 1 N–H and O–H groups in total. The van der Waals surface area contributed by atoms with Gasteiger partial charge in [-0.25, -0.2) is 0 Å². The molecule has 0 spiro atoms. The summed E-state index contributed by atoms with van der Waals surface area (Å²) >= 11 is 0. The van der Waals surface area contributed by atoms with E-state index in [4.69, 9.17) is 0 Å². The van der Waals surface area contributed by atoms with E-state index in [1.165, 1.54) is 13.8 Å². The molecule has 0 saturated carbocycles. The van der Waals surface area contributed by atoms with Gasteiger partial charge in [-0.05, 0) is 13.8 Å². The molecule has 0 unspecified atom stereocenters. The van der Waals surface area contributed by atoms with Crippen molar-refractivity contribution in [2.24, 2.45) is 0 Å². The van der Waals surface area contributed by atoms with Gasteiger partial charge in [-0.1, -0.05) is 7.43 Å². The molecule has 1 amide bonds. The fourth-order valence-corrected chi connectivity index (χ4v) is 0.452. The maximum atomic E-state index is 9.93. The summed E-state index contributed by atoms with van der Waals surface area (Å²) in [6, 6.07) is 0. The van der Waals surface area contributed by atoms with Crippen molar-refractivity contribution in [3.63, 3.8) is 0 Å². The third-order valence-corrected chi connectivity index (χ3v) is 0.773. The molecular weight excluding hydrogens is 170 g/mol. The Bertz CT molecular complexity index is 119. The number of carbonyl (C=O) groups excluding carboxylic acids is 2. The Kier molecular flexibility index (Phi) is 18.6. The highest BCUT2D eigenvalue weighted by atomic mass is 16.5. The molecule has 0 radical (unpaired) electrons. The predicted octanol–water partition coefficient (Wildman–Crippen LogP) is 1.35. The van der Waals surface area contributed by atoms with Gasteiger partial charge in [-0.15, -0.1) is 0 Å². The highest BCUT2D eigenvalue weighted by molar-refractivity contribution is 5.72. The minimum Gasteiger partial charge on any atom is -0.466 e. The third-order valence-electron chi connectivity index (χ3n) is 0.773. The van der Waals surface area contributed by atoms with Gasteiger partial charge in [-0.3, -0.25) is 9.59 Å². The van der Waals surface area contributed by atoms with Crippen LogP contribution in [0.5, 0.6) is 0 Å². The number of ether oxygens (including phenoxy) is 1. The first kappa shape index (κ1) is 17.9. The summed E-state index contributed by atoms with van der Waals surface area (Å²) < 4.78 is 4.40. The Morgan fingerprint density at radius 1 is 1.23 bits per heavy atom. The van der Waals surface area contributed by atoms with Crippen LogP contribution in [0.4, 0.5) is 0 Å². The number of hydrogen-bond donors (Lipinski definition) is 1. The largest absolute Gasteiger partial charge is 0.466 e. The van der Waals surface area contributed by atoms with Gasteiger partial charge in [0.1, 0.15) is 0 Å². The molecule has 0 heterocycles. The Morgan fingerprint density at radius 2 is 1.69 bits per heavy atom. The Labute approximate surface area is 80.7 Å². The summed E-state index contributed by atoms with van der Waals surface area (Å²) in [5.74, 6) is -0.171. The molecular formula is C9H21NO3. The van der Waals surface area contributed by atoms with Gasteiger partial charge >= 0.3 is 5.97 Å².